The van der Waals surface area contributed by atoms with Crippen LogP contribution in [-0.4, -0.2) is 92.5 Å². The Morgan fingerprint density at radius 1 is 0.375 bits per heavy atom. The summed E-state index contributed by atoms with van der Waals surface area (Å²) in [5.41, 5.74) is 0. The van der Waals surface area contributed by atoms with E-state index in [-0.39, 0.29) is 0 Å². The van der Waals surface area contributed by atoms with Crippen LogP contribution >= 0.6 is 0 Å². The Hall–Kier alpha value is -1.94. The van der Waals surface area contributed by atoms with Crippen molar-refractivity contribution in [2.24, 2.45) is 0 Å². The summed E-state index contributed by atoms with van der Waals surface area (Å²) in [6, 6.07) is 12.1. The lowest BCUT2D eigenvalue weighted by Gasteiger charge is -2.15. The van der Waals surface area contributed by atoms with Gasteiger partial charge in [-0.15, -0.1) is 0 Å². The van der Waals surface area contributed by atoms with Crippen LogP contribution in [-0.2, 0) is 28.4 Å². The molecule has 8 heteroatoms. The lowest BCUT2D eigenvalue weighted by Crippen LogP contribution is -2.16. The summed E-state index contributed by atoms with van der Waals surface area (Å²) in [5, 5.41) is 2.19. The van der Waals surface area contributed by atoms with Crippen molar-refractivity contribution in [1.82, 2.24) is 0 Å². The van der Waals surface area contributed by atoms with Gasteiger partial charge in [-0.1, -0.05) is 24.3 Å². The Balaban J connectivity index is 1.49. The quantitative estimate of drug-likeness (QED) is 0.607. The van der Waals surface area contributed by atoms with Crippen LogP contribution < -0.4 is 9.47 Å². The van der Waals surface area contributed by atoms with Crippen LogP contribution in [0.15, 0.2) is 36.4 Å². The van der Waals surface area contributed by atoms with Crippen molar-refractivity contribution < 1.29 is 37.9 Å². The molecule has 0 atom stereocenters. The molecule has 0 N–H and O–H groups in total. The summed E-state index contributed by atoms with van der Waals surface area (Å²) in [7, 11) is 0. The molecule has 3 rings (SSSR count). The van der Waals surface area contributed by atoms with Crippen LogP contribution in [0.5, 0.6) is 11.5 Å². The molecule has 8 nitrogen and oxygen atoms in total. The minimum atomic E-state index is 0.422. The van der Waals surface area contributed by atoms with Gasteiger partial charge in [-0.2, -0.15) is 0 Å². The molecule has 0 saturated carbocycles. The van der Waals surface area contributed by atoms with E-state index in [0.29, 0.717) is 104 Å². The van der Waals surface area contributed by atoms with Crippen LogP contribution in [0.1, 0.15) is 0 Å². The maximum absolute atomic E-state index is 5.95. The van der Waals surface area contributed by atoms with Crippen molar-refractivity contribution in [3.8, 4) is 11.5 Å². The molecule has 0 aliphatic carbocycles. The second-order valence-corrected chi connectivity index (χ2v) is 7.02. The summed E-state index contributed by atoms with van der Waals surface area (Å²) in [6.07, 6.45) is 0. The maximum Gasteiger partial charge on any atom is 0.161 e. The van der Waals surface area contributed by atoms with Gasteiger partial charge in [-0.05, 0) is 22.9 Å². The smallest absolute Gasteiger partial charge is 0.161 e. The molecule has 0 spiro atoms. The second-order valence-electron chi connectivity index (χ2n) is 7.02. The van der Waals surface area contributed by atoms with Gasteiger partial charge in [0.1, 0.15) is 13.2 Å². The minimum Gasteiger partial charge on any atom is -0.487 e. The Kier molecular flexibility index (Phi) is 12.2. The molecule has 1 aliphatic rings. The molecule has 0 radical (unpaired) electrons. The molecule has 0 amide bonds. The average Bonchev–Trinajstić information content (AvgIpc) is 2.81. The summed E-state index contributed by atoms with van der Waals surface area (Å²) < 4.78 is 45.0. The van der Waals surface area contributed by atoms with E-state index < -0.39 is 0 Å². The fourth-order valence-corrected chi connectivity index (χ4v) is 3.05. The van der Waals surface area contributed by atoms with E-state index in [4.69, 9.17) is 37.9 Å². The Morgan fingerprint density at radius 2 is 0.656 bits per heavy atom. The predicted octanol–water partition coefficient (Wildman–Crippen LogP) is 2.71. The first-order valence-corrected chi connectivity index (χ1v) is 11.2. The molecule has 2 aromatic carbocycles. The number of ether oxygens (including phenoxy) is 8. The fraction of sp³-hybridized carbons (Fsp3) is 0.583. The van der Waals surface area contributed by atoms with E-state index in [2.05, 4.69) is 12.1 Å². The van der Waals surface area contributed by atoms with Crippen LogP contribution in [0.2, 0.25) is 0 Å². The van der Waals surface area contributed by atoms with Crippen LogP contribution in [0.4, 0.5) is 0 Å². The molecule has 178 valence electrons. The van der Waals surface area contributed by atoms with Crippen molar-refractivity contribution in [2.75, 3.05) is 92.5 Å². The van der Waals surface area contributed by atoms with E-state index in [1.807, 2.05) is 24.3 Å². The molecule has 0 fully saturated rings. The van der Waals surface area contributed by atoms with Crippen LogP contribution in [0, 0.1) is 0 Å². The van der Waals surface area contributed by atoms with Crippen molar-refractivity contribution in [1.29, 1.82) is 0 Å². The van der Waals surface area contributed by atoms with E-state index in [1.54, 1.807) is 0 Å². The predicted molar refractivity (Wildman–Crippen MR) is 120 cm³/mol. The summed E-state index contributed by atoms with van der Waals surface area (Å²) in [5.74, 6) is 1.39. The molecule has 0 aromatic heterocycles. The molecule has 2 aromatic rings. The highest BCUT2D eigenvalue weighted by molar-refractivity contribution is 5.86. The molecule has 0 saturated heterocycles. The number of hydrogen-bond donors (Lipinski definition) is 0. The average molecular weight is 451 g/mol. The van der Waals surface area contributed by atoms with Gasteiger partial charge in [0.2, 0.25) is 0 Å². The first-order valence-electron chi connectivity index (χ1n) is 11.2. The van der Waals surface area contributed by atoms with E-state index in [1.165, 1.54) is 0 Å². The Bertz CT molecular complexity index is 691. The van der Waals surface area contributed by atoms with Crippen molar-refractivity contribution in [3.05, 3.63) is 36.4 Å². The summed E-state index contributed by atoms with van der Waals surface area (Å²) >= 11 is 0. The molecule has 0 bridgehead atoms. The highest BCUT2D eigenvalue weighted by Crippen LogP contribution is 2.32. The summed E-state index contributed by atoms with van der Waals surface area (Å²) in [4.78, 5) is 0. The van der Waals surface area contributed by atoms with Gasteiger partial charge in [0.05, 0.1) is 79.3 Å². The van der Waals surface area contributed by atoms with Gasteiger partial charge in [0.15, 0.2) is 11.5 Å². The van der Waals surface area contributed by atoms with Gasteiger partial charge < -0.3 is 37.9 Å². The molecular weight excluding hydrogens is 416 g/mol. The number of fused-ring (bicyclic) bond motifs is 2. The van der Waals surface area contributed by atoms with Crippen molar-refractivity contribution >= 4 is 10.8 Å². The van der Waals surface area contributed by atoms with Gasteiger partial charge >= 0.3 is 0 Å². The zero-order valence-electron chi connectivity index (χ0n) is 18.6. The van der Waals surface area contributed by atoms with Gasteiger partial charge in [0, 0.05) is 0 Å². The number of benzene rings is 2. The second kappa shape index (κ2) is 15.8. The highest BCUT2D eigenvalue weighted by Gasteiger charge is 2.08. The molecule has 32 heavy (non-hydrogen) atoms. The zero-order chi connectivity index (χ0) is 22.1. The third-order valence-corrected chi connectivity index (χ3v) is 4.64. The molecular formula is C24H34O8. The first kappa shape index (κ1) is 24.7. The minimum absolute atomic E-state index is 0.422. The van der Waals surface area contributed by atoms with E-state index >= 15 is 0 Å². The highest BCUT2D eigenvalue weighted by atomic mass is 16.6. The molecule has 1 heterocycles. The van der Waals surface area contributed by atoms with Gasteiger partial charge in [-0.25, -0.2) is 0 Å². The largest absolute Gasteiger partial charge is 0.487 e. The number of rotatable bonds is 0. The van der Waals surface area contributed by atoms with Gasteiger partial charge in [-0.3, -0.25) is 0 Å². The lowest BCUT2D eigenvalue weighted by molar-refractivity contribution is -0.0193. The monoisotopic (exact) mass is 450 g/mol. The third-order valence-electron chi connectivity index (χ3n) is 4.64. The van der Waals surface area contributed by atoms with Crippen LogP contribution in [0.25, 0.3) is 10.8 Å². The van der Waals surface area contributed by atoms with Crippen molar-refractivity contribution in [3.63, 3.8) is 0 Å². The Labute approximate surface area is 189 Å². The molecule has 0 unspecified atom stereocenters. The standard InChI is InChI=1S/C24H34O8/c1-2-4-22-20-24-23(19-21(22)3-1)31-17-15-29-13-11-27-9-7-25-5-6-26-8-10-28-12-14-30-16-18-32-24/h1-4,19-20H,5-18H2. The molecule has 1 aliphatic heterocycles. The van der Waals surface area contributed by atoms with Crippen molar-refractivity contribution in [2.45, 2.75) is 0 Å². The SMILES string of the molecule is c1ccc2cc3c(cc2c1)OCCOCCOCCOCCOCCOCCOCCO3. The number of hydrogen-bond acceptors (Lipinski definition) is 8. The van der Waals surface area contributed by atoms with E-state index in [0.717, 1.165) is 10.8 Å². The topological polar surface area (TPSA) is 73.8 Å². The first-order chi connectivity index (χ1) is 15.9. The van der Waals surface area contributed by atoms with Crippen LogP contribution in [0.3, 0.4) is 0 Å². The fourth-order valence-electron chi connectivity index (χ4n) is 3.05. The Morgan fingerprint density at radius 3 is 0.969 bits per heavy atom. The third kappa shape index (κ3) is 9.68. The van der Waals surface area contributed by atoms with Gasteiger partial charge in [0.25, 0.3) is 0 Å². The van der Waals surface area contributed by atoms with E-state index in [9.17, 15) is 0 Å². The normalized spacial score (nSPS) is 19.8. The maximum atomic E-state index is 5.95. The zero-order valence-corrected chi connectivity index (χ0v) is 18.6. The summed E-state index contributed by atoms with van der Waals surface area (Å²) in [6.45, 7) is 7.01. The lowest BCUT2D eigenvalue weighted by atomic mass is 10.1.